The maximum absolute atomic E-state index is 11.3. The van der Waals surface area contributed by atoms with Crippen molar-refractivity contribution >= 4 is 11.6 Å². The van der Waals surface area contributed by atoms with Gasteiger partial charge in [-0.1, -0.05) is 0 Å². The van der Waals surface area contributed by atoms with Crippen molar-refractivity contribution in [1.82, 2.24) is 9.88 Å². The first-order chi connectivity index (χ1) is 8.19. The van der Waals surface area contributed by atoms with Crippen LogP contribution in [0.4, 0.5) is 5.69 Å². The quantitative estimate of drug-likeness (QED) is 0.822. The summed E-state index contributed by atoms with van der Waals surface area (Å²) >= 11 is 0. The van der Waals surface area contributed by atoms with Crippen LogP contribution in [0, 0.1) is 11.3 Å². The number of amides is 1. The number of rotatable bonds is 2. The number of likely N-dealkylation sites (tertiary alicyclic amines) is 1. The molecule has 1 unspecified atom stereocenters. The smallest absolute Gasteiger partial charge is 0.222 e. The number of nitrogens with zero attached hydrogens (tertiary/aromatic N) is 3. The van der Waals surface area contributed by atoms with E-state index in [-0.39, 0.29) is 11.9 Å². The van der Waals surface area contributed by atoms with Crippen LogP contribution < -0.4 is 5.32 Å². The summed E-state index contributed by atoms with van der Waals surface area (Å²) in [7, 11) is 1.81. The lowest BCUT2D eigenvalue weighted by atomic mass is 10.1. The number of carbonyl (C=O) groups is 1. The van der Waals surface area contributed by atoms with Crippen molar-refractivity contribution < 1.29 is 4.79 Å². The highest BCUT2D eigenvalue weighted by molar-refractivity contribution is 5.77. The minimum atomic E-state index is 0.195. The summed E-state index contributed by atoms with van der Waals surface area (Å²) in [6.07, 6.45) is 3.07. The van der Waals surface area contributed by atoms with Crippen molar-refractivity contribution in [3.8, 4) is 6.07 Å². The molecule has 0 bridgehead atoms. The second kappa shape index (κ2) is 4.83. The fraction of sp³-hybridized carbons (Fsp3) is 0.417. The first-order valence-electron chi connectivity index (χ1n) is 5.55. The topological polar surface area (TPSA) is 69.0 Å². The number of anilines is 1. The lowest BCUT2D eigenvalue weighted by molar-refractivity contribution is -0.132. The minimum Gasteiger partial charge on any atom is -0.379 e. The summed E-state index contributed by atoms with van der Waals surface area (Å²) in [4.78, 5) is 17.1. The Labute approximate surface area is 100 Å². The highest BCUT2D eigenvalue weighted by atomic mass is 16.2. The average Bonchev–Trinajstić information content (AvgIpc) is 2.35. The fourth-order valence-corrected chi connectivity index (χ4v) is 1.91. The van der Waals surface area contributed by atoms with Gasteiger partial charge in [0, 0.05) is 26.1 Å². The third-order valence-electron chi connectivity index (χ3n) is 2.88. The highest BCUT2D eigenvalue weighted by Gasteiger charge is 2.22. The van der Waals surface area contributed by atoms with Crippen LogP contribution in [-0.2, 0) is 4.79 Å². The van der Waals surface area contributed by atoms with E-state index in [1.165, 1.54) is 0 Å². The van der Waals surface area contributed by atoms with E-state index in [1.807, 2.05) is 19.2 Å². The van der Waals surface area contributed by atoms with Gasteiger partial charge in [-0.25, -0.2) is 4.98 Å². The van der Waals surface area contributed by atoms with E-state index in [9.17, 15) is 4.79 Å². The van der Waals surface area contributed by atoms with Crippen LogP contribution in [0.2, 0.25) is 0 Å². The van der Waals surface area contributed by atoms with Gasteiger partial charge >= 0.3 is 0 Å². The monoisotopic (exact) mass is 230 g/mol. The van der Waals surface area contributed by atoms with E-state index in [1.54, 1.807) is 17.2 Å². The van der Waals surface area contributed by atoms with Crippen molar-refractivity contribution in [2.75, 3.05) is 18.9 Å². The molecule has 0 radical (unpaired) electrons. The van der Waals surface area contributed by atoms with E-state index < -0.39 is 0 Å². The van der Waals surface area contributed by atoms with Crippen LogP contribution >= 0.6 is 0 Å². The summed E-state index contributed by atoms with van der Waals surface area (Å²) < 4.78 is 0. The van der Waals surface area contributed by atoms with Crippen molar-refractivity contribution in [3.05, 3.63) is 24.0 Å². The van der Waals surface area contributed by atoms with Gasteiger partial charge in [-0.05, 0) is 18.6 Å². The van der Waals surface area contributed by atoms with Gasteiger partial charge < -0.3 is 10.2 Å². The number of pyridine rings is 1. The van der Waals surface area contributed by atoms with Crippen LogP contribution in [-0.4, -0.2) is 35.4 Å². The highest BCUT2D eigenvalue weighted by Crippen LogP contribution is 2.15. The number of nitrogens with one attached hydrogen (secondary N) is 1. The van der Waals surface area contributed by atoms with Gasteiger partial charge in [0.1, 0.15) is 11.8 Å². The standard InChI is InChI=1S/C12H14N4O/c1-16-8-11(4-5-12(16)17)15-10-3-2-9(6-13)14-7-10/h2-3,7,11,15H,4-5,8H2,1H3. The molecule has 1 aromatic rings. The number of carbonyl (C=O) groups excluding carboxylic acids is 1. The first kappa shape index (κ1) is 11.4. The van der Waals surface area contributed by atoms with E-state index in [0.29, 0.717) is 18.7 Å². The van der Waals surface area contributed by atoms with Gasteiger partial charge in [0.15, 0.2) is 0 Å². The van der Waals surface area contributed by atoms with E-state index >= 15 is 0 Å². The van der Waals surface area contributed by atoms with Crippen LogP contribution in [0.5, 0.6) is 0 Å². The molecule has 2 rings (SSSR count). The van der Waals surface area contributed by atoms with Crippen LogP contribution in [0.15, 0.2) is 18.3 Å². The lowest BCUT2D eigenvalue weighted by Crippen LogP contribution is -2.43. The van der Waals surface area contributed by atoms with Gasteiger partial charge in [0.05, 0.1) is 11.9 Å². The molecule has 0 spiro atoms. The van der Waals surface area contributed by atoms with Gasteiger partial charge in [0.25, 0.3) is 0 Å². The zero-order valence-electron chi connectivity index (χ0n) is 9.68. The van der Waals surface area contributed by atoms with Gasteiger partial charge in [-0.15, -0.1) is 0 Å². The summed E-state index contributed by atoms with van der Waals surface area (Å²) in [5.74, 6) is 0.195. The summed E-state index contributed by atoms with van der Waals surface area (Å²) in [6.45, 7) is 0.707. The number of nitriles is 1. The molecular formula is C12H14N4O. The molecule has 17 heavy (non-hydrogen) atoms. The SMILES string of the molecule is CN1CC(Nc2ccc(C#N)nc2)CCC1=O. The van der Waals surface area contributed by atoms with Crippen LogP contribution in [0.1, 0.15) is 18.5 Å². The Kier molecular flexibility index (Phi) is 3.24. The van der Waals surface area contributed by atoms with Crippen LogP contribution in [0.3, 0.4) is 0 Å². The molecule has 1 fully saturated rings. The van der Waals surface area contributed by atoms with Crippen molar-refractivity contribution in [2.45, 2.75) is 18.9 Å². The van der Waals surface area contributed by atoms with Crippen LogP contribution in [0.25, 0.3) is 0 Å². The van der Waals surface area contributed by atoms with Crippen molar-refractivity contribution in [3.63, 3.8) is 0 Å². The zero-order valence-corrected chi connectivity index (χ0v) is 9.68. The molecule has 5 nitrogen and oxygen atoms in total. The Balaban J connectivity index is 1.97. The first-order valence-corrected chi connectivity index (χ1v) is 5.55. The molecule has 1 aromatic heterocycles. The zero-order chi connectivity index (χ0) is 12.3. The summed E-state index contributed by atoms with van der Waals surface area (Å²) in [5, 5.41) is 12.0. The molecule has 1 aliphatic heterocycles. The lowest BCUT2D eigenvalue weighted by Gasteiger charge is -2.30. The molecule has 88 valence electrons. The number of hydrogen-bond acceptors (Lipinski definition) is 4. The Morgan fingerprint density at radius 2 is 2.41 bits per heavy atom. The predicted octanol–water partition coefficient (Wildman–Crippen LogP) is 0.986. The maximum Gasteiger partial charge on any atom is 0.222 e. The van der Waals surface area contributed by atoms with E-state index in [2.05, 4.69) is 10.3 Å². The molecule has 1 amide bonds. The average molecular weight is 230 g/mol. The van der Waals surface area contributed by atoms with Gasteiger partial charge in [-0.3, -0.25) is 4.79 Å². The second-order valence-corrected chi connectivity index (χ2v) is 4.20. The molecule has 0 saturated carbocycles. The molecule has 1 saturated heterocycles. The maximum atomic E-state index is 11.3. The minimum absolute atomic E-state index is 0.195. The number of hydrogen-bond donors (Lipinski definition) is 1. The Morgan fingerprint density at radius 1 is 1.59 bits per heavy atom. The van der Waals surface area contributed by atoms with Gasteiger partial charge in [-0.2, -0.15) is 5.26 Å². The second-order valence-electron chi connectivity index (χ2n) is 4.20. The summed E-state index contributed by atoms with van der Waals surface area (Å²) in [6, 6.07) is 5.75. The Bertz CT molecular complexity index is 449. The molecule has 1 N–H and O–H groups in total. The molecule has 0 aromatic carbocycles. The molecule has 1 atom stereocenters. The Morgan fingerprint density at radius 3 is 3.00 bits per heavy atom. The number of aromatic nitrogens is 1. The largest absolute Gasteiger partial charge is 0.379 e. The molecule has 5 heteroatoms. The van der Waals surface area contributed by atoms with Crippen molar-refractivity contribution in [2.24, 2.45) is 0 Å². The Hall–Kier alpha value is -2.09. The van der Waals surface area contributed by atoms with Gasteiger partial charge in [0.2, 0.25) is 5.91 Å². The van der Waals surface area contributed by atoms with E-state index in [4.69, 9.17) is 5.26 Å². The molecule has 1 aliphatic rings. The fourth-order valence-electron chi connectivity index (χ4n) is 1.91. The summed E-state index contributed by atoms with van der Waals surface area (Å²) in [5.41, 5.74) is 1.29. The normalized spacial score (nSPS) is 19.9. The third kappa shape index (κ3) is 2.72. The molecule has 0 aliphatic carbocycles. The van der Waals surface area contributed by atoms with E-state index in [0.717, 1.165) is 12.1 Å². The molecular weight excluding hydrogens is 216 g/mol. The number of piperidine rings is 1. The third-order valence-corrected chi connectivity index (χ3v) is 2.88. The predicted molar refractivity (Wildman–Crippen MR) is 63.2 cm³/mol. The van der Waals surface area contributed by atoms with Crippen molar-refractivity contribution in [1.29, 1.82) is 5.26 Å². The number of likely N-dealkylation sites (N-methyl/N-ethyl adjacent to an activating group) is 1. The molecule has 2 heterocycles.